The van der Waals surface area contributed by atoms with Crippen LogP contribution >= 0.6 is 0 Å². The van der Waals surface area contributed by atoms with Crippen molar-refractivity contribution in [3.05, 3.63) is 77.9 Å². The van der Waals surface area contributed by atoms with Gasteiger partial charge in [-0.2, -0.15) is 0 Å². The van der Waals surface area contributed by atoms with E-state index in [2.05, 4.69) is 54.8 Å². The molecule has 0 saturated carbocycles. The van der Waals surface area contributed by atoms with Crippen LogP contribution in [0.1, 0.15) is 17.5 Å². The number of imidazole rings is 1. The highest BCUT2D eigenvalue weighted by Crippen LogP contribution is 2.28. The second kappa shape index (κ2) is 8.39. The normalized spacial score (nSPS) is 11.0. The molecule has 4 heteroatoms. The molecular weight excluding hydrogens is 360 g/mol. The second-order valence-electron chi connectivity index (χ2n) is 7.27. The summed E-state index contributed by atoms with van der Waals surface area (Å²) in [5.74, 6) is 2.71. The molecule has 1 heterocycles. The number of ether oxygens (including phenoxy) is 2. The fraction of sp³-hybridized carbons (Fsp3) is 0.240. The van der Waals surface area contributed by atoms with Crippen molar-refractivity contribution in [3.8, 4) is 22.9 Å². The maximum atomic E-state index is 5.91. The average Bonchev–Trinajstić information content (AvgIpc) is 3.10. The van der Waals surface area contributed by atoms with Crippen LogP contribution in [0.2, 0.25) is 0 Å². The van der Waals surface area contributed by atoms with Crippen LogP contribution in [-0.4, -0.2) is 23.3 Å². The van der Waals surface area contributed by atoms with E-state index in [-0.39, 0.29) is 0 Å². The van der Waals surface area contributed by atoms with Crippen molar-refractivity contribution in [1.82, 2.24) is 9.55 Å². The van der Waals surface area contributed by atoms with Gasteiger partial charge in [0.15, 0.2) is 0 Å². The third-order valence-corrected chi connectivity index (χ3v) is 5.13. The lowest BCUT2D eigenvalue weighted by Crippen LogP contribution is -2.06. The largest absolute Gasteiger partial charge is 0.497 e. The van der Waals surface area contributed by atoms with Gasteiger partial charge in [0.2, 0.25) is 0 Å². The SMILES string of the molecule is COc1ccc(OCCCn2c(-c3ccc(C)cc3C)nc3ccccc32)cc1. The molecule has 0 N–H and O–H groups in total. The molecule has 0 saturated heterocycles. The van der Waals surface area contributed by atoms with Crippen molar-refractivity contribution in [1.29, 1.82) is 0 Å². The molecule has 4 aromatic rings. The Morgan fingerprint density at radius 1 is 0.897 bits per heavy atom. The van der Waals surface area contributed by atoms with E-state index in [9.17, 15) is 0 Å². The number of hydrogen-bond acceptors (Lipinski definition) is 3. The van der Waals surface area contributed by atoms with Gasteiger partial charge in [-0.15, -0.1) is 0 Å². The van der Waals surface area contributed by atoms with Crippen molar-refractivity contribution in [2.24, 2.45) is 0 Å². The molecule has 0 bridgehead atoms. The quantitative estimate of drug-likeness (QED) is 0.377. The molecule has 0 fully saturated rings. The van der Waals surface area contributed by atoms with E-state index < -0.39 is 0 Å². The lowest BCUT2D eigenvalue weighted by molar-refractivity contribution is 0.302. The van der Waals surface area contributed by atoms with E-state index in [1.54, 1.807) is 7.11 Å². The number of nitrogens with zero attached hydrogens (tertiary/aromatic N) is 2. The molecule has 1 aromatic heterocycles. The standard InChI is InChI=1S/C25H26N2O2/c1-18-9-14-22(19(2)17-18)25-26-23-7-4-5-8-24(23)27(25)15-6-16-29-21-12-10-20(28-3)11-13-21/h4-5,7-14,17H,6,15-16H2,1-3H3. The van der Waals surface area contributed by atoms with Crippen LogP contribution in [0.5, 0.6) is 11.5 Å². The number of benzene rings is 3. The van der Waals surface area contributed by atoms with E-state index in [0.717, 1.165) is 41.3 Å². The summed E-state index contributed by atoms with van der Waals surface area (Å²) in [7, 11) is 1.67. The van der Waals surface area contributed by atoms with Crippen molar-refractivity contribution in [3.63, 3.8) is 0 Å². The zero-order valence-corrected chi connectivity index (χ0v) is 17.2. The maximum absolute atomic E-state index is 5.91. The molecule has 3 aromatic carbocycles. The Hall–Kier alpha value is -3.27. The van der Waals surface area contributed by atoms with Gasteiger partial charge < -0.3 is 14.0 Å². The molecule has 0 atom stereocenters. The number of aromatic nitrogens is 2. The number of fused-ring (bicyclic) bond motifs is 1. The molecule has 0 aliphatic rings. The molecule has 0 aliphatic heterocycles. The van der Waals surface area contributed by atoms with Crippen LogP contribution < -0.4 is 9.47 Å². The molecule has 0 aliphatic carbocycles. The van der Waals surface area contributed by atoms with Gasteiger partial charge in [0.05, 0.1) is 24.8 Å². The van der Waals surface area contributed by atoms with Crippen molar-refractivity contribution in [2.45, 2.75) is 26.8 Å². The zero-order chi connectivity index (χ0) is 20.2. The first-order valence-corrected chi connectivity index (χ1v) is 9.95. The molecule has 148 valence electrons. The van der Waals surface area contributed by atoms with Crippen LogP contribution in [-0.2, 0) is 6.54 Å². The Bertz CT molecular complexity index is 1110. The van der Waals surface area contributed by atoms with Gasteiger partial charge >= 0.3 is 0 Å². The van der Waals surface area contributed by atoms with Gasteiger partial charge in [0, 0.05) is 12.1 Å². The Morgan fingerprint density at radius 3 is 2.41 bits per heavy atom. The minimum Gasteiger partial charge on any atom is -0.497 e. The summed E-state index contributed by atoms with van der Waals surface area (Å²) in [5, 5.41) is 0. The first kappa shape index (κ1) is 19.1. The number of rotatable bonds is 7. The molecular formula is C25H26N2O2. The van der Waals surface area contributed by atoms with Gasteiger partial charge in [0.25, 0.3) is 0 Å². The van der Waals surface area contributed by atoms with E-state index in [0.29, 0.717) is 6.61 Å². The Labute approximate surface area is 171 Å². The number of hydrogen-bond donors (Lipinski definition) is 0. The topological polar surface area (TPSA) is 36.3 Å². The van der Waals surface area contributed by atoms with Gasteiger partial charge in [-0.25, -0.2) is 4.98 Å². The van der Waals surface area contributed by atoms with Crippen LogP contribution in [0.3, 0.4) is 0 Å². The molecule has 29 heavy (non-hydrogen) atoms. The average molecular weight is 386 g/mol. The highest BCUT2D eigenvalue weighted by molar-refractivity contribution is 5.81. The van der Waals surface area contributed by atoms with Crippen molar-refractivity contribution in [2.75, 3.05) is 13.7 Å². The van der Waals surface area contributed by atoms with Gasteiger partial charge in [-0.3, -0.25) is 0 Å². The molecule has 0 amide bonds. The Balaban J connectivity index is 1.54. The third-order valence-electron chi connectivity index (χ3n) is 5.13. The summed E-state index contributed by atoms with van der Waals surface area (Å²) in [4.78, 5) is 4.94. The predicted octanol–water partition coefficient (Wildman–Crippen LogP) is 5.80. The fourth-order valence-electron chi connectivity index (χ4n) is 3.66. The minimum atomic E-state index is 0.644. The van der Waals surface area contributed by atoms with Crippen LogP contribution in [0.15, 0.2) is 66.7 Å². The van der Waals surface area contributed by atoms with Crippen molar-refractivity contribution >= 4 is 11.0 Å². The Kier molecular flexibility index (Phi) is 5.52. The van der Waals surface area contributed by atoms with E-state index >= 15 is 0 Å². The molecule has 4 rings (SSSR count). The minimum absolute atomic E-state index is 0.644. The summed E-state index contributed by atoms with van der Waals surface area (Å²) in [6.45, 7) is 5.76. The highest BCUT2D eigenvalue weighted by atomic mass is 16.5. The van der Waals surface area contributed by atoms with Crippen LogP contribution in [0, 0.1) is 13.8 Å². The molecule has 0 spiro atoms. The van der Waals surface area contributed by atoms with Crippen LogP contribution in [0.25, 0.3) is 22.4 Å². The number of aryl methyl sites for hydroxylation is 3. The maximum Gasteiger partial charge on any atom is 0.141 e. The first-order chi connectivity index (χ1) is 14.2. The summed E-state index contributed by atoms with van der Waals surface area (Å²) in [6.07, 6.45) is 0.893. The Morgan fingerprint density at radius 2 is 1.66 bits per heavy atom. The third kappa shape index (κ3) is 4.11. The summed E-state index contributed by atoms with van der Waals surface area (Å²) in [5.41, 5.74) is 5.88. The summed E-state index contributed by atoms with van der Waals surface area (Å²) < 4.78 is 13.4. The molecule has 0 radical (unpaired) electrons. The van der Waals surface area contributed by atoms with Crippen LogP contribution in [0.4, 0.5) is 0 Å². The number of para-hydroxylation sites is 2. The van der Waals surface area contributed by atoms with E-state index in [1.165, 1.54) is 16.7 Å². The van der Waals surface area contributed by atoms with E-state index in [4.69, 9.17) is 14.5 Å². The first-order valence-electron chi connectivity index (χ1n) is 9.95. The lowest BCUT2D eigenvalue weighted by atomic mass is 10.1. The van der Waals surface area contributed by atoms with Crippen molar-refractivity contribution < 1.29 is 9.47 Å². The smallest absolute Gasteiger partial charge is 0.141 e. The summed E-state index contributed by atoms with van der Waals surface area (Å²) >= 11 is 0. The second-order valence-corrected chi connectivity index (χ2v) is 7.27. The van der Waals surface area contributed by atoms with Gasteiger partial charge in [-0.05, 0) is 62.2 Å². The molecule has 4 nitrogen and oxygen atoms in total. The fourth-order valence-corrected chi connectivity index (χ4v) is 3.66. The number of methoxy groups -OCH3 is 1. The summed E-state index contributed by atoms with van der Waals surface area (Å²) in [6, 6.07) is 22.6. The van der Waals surface area contributed by atoms with Gasteiger partial charge in [-0.1, -0.05) is 35.9 Å². The van der Waals surface area contributed by atoms with E-state index in [1.807, 2.05) is 30.3 Å². The monoisotopic (exact) mass is 386 g/mol. The highest BCUT2D eigenvalue weighted by Gasteiger charge is 2.14. The molecule has 0 unspecified atom stereocenters. The zero-order valence-electron chi connectivity index (χ0n) is 17.2. The lowest BCUT2D eigenvalue weighted by Gasteiger charge is -2.12. The predicted molar refractivity (Wildman–Crippen MR) is 118 cm³/mol. The van der Waals surface area contributed by atoms with Gasteiger partial charge in [0.1, 0.15) is 17.3 Å².